The number of quaternary nitrogens is 1. The van der Waals surface area contributed by atoms with Crippen molar-refractivity contribution < 1.29 is 33.8 Å². The van der Waals surface area contributed by atoms with Gasteiger partial charge < -0.3 is 19.4 Å². The molecule has 9 atom stereocenters. The molecule has 0 radical (unpaired) electrons. The molecule has 0 aliphatic heterocycles. The molecule has 324 valence electrons. The summed E-state index contributed by atoms with van der Waals surface area (Å²) < 4.78 is 7.03. The van der Waals surface area contributed by atoms with Crippen molar-refractivity contribution in [2.75, 3.05) is 40.8 Å². The summed E-state index contributed by atoms with van der Waals surface area (Å²) in [6, 6.07) is 8.04. The number of ketones is 1. The van der Waals surface area contributed by atoms with E-state index in [1.807, 2.05) is 12.1 Å². The number of carbonyl (C=O) groups excluding carboxylic acids is 2. The maximum atomic E-state index is 14.4. The normalized spacial score (nSPS) is 35.3. The largest absolute Gasteiger partial charge is 0.481 e. The second kappa shape index (κ2) is 15.6. The Bertz CT molecular complexity index is 1780. The number of Topliss-reactive ketones (excluding diaryl/α,β-unsaturated/α-hetero) is 1. The summed E-state index contributed by atoms with van der Waals surface area (Å²) >= 11 is 6.26. The summed E-state index contributed by atoms with van der Waals surface area (Å²) in [5.41, 5.74) is 1.55. The zero-order valence-electron chi connectivity index (χ0n) is 38.0. The van der Waals surface area contributed by atoms with Crippen LogP contribution in [0.3, 0.4) is 0 Å². The minimum Gasteiger partial charge on any atom is -0.481 e. The molecule has 0 spiro atoms. The zero-order valence-corrected chi connectivity index (χ0v) is 38.7. The number of fused-ring (bicyclic) bond motifs is 7. The van der Waals surface area contributed by atoms with Crippen molar-refractivity contribution in [1.29, 1.82) is 0 Å². The minimum absolute atomic E-state index is 0.0320. The van der Waals surface area contributed by atoms with E-state index in [9.17, 15) is 24.6 Å². The predicted molar refractivity (Wildman–Crippen MR) is 231 cm³/mol. The fourth-order valence-electron chi connectivity index (χ4n) is 13.9. The van der Waals surface area contributed by atoms with E-state index in [1.165, 1.54) is 11.1 Å². The molecule has 0 heterocycles. The lowest BCUT2D eigenvalue weighted by molar-refractivity contribution is -0.869. The monoisotopic (exact) mass is 824 g/mol. The first-order valence-electron chi connectivity index (χ1n) is 22.4. The van der Waals surface area contributed by atoms with Crippen molar-refractivity contribution in [3.8, 4) is 0 Å². The molecular weight excluding hydrogens is 748 g/mol. The number of nitrogens with zero attached hydrogens (tertiary/aromatic N) is 2. The van der Waals surface area contributed by atoms with Gasteiger partial charge in [0.15, 0.2) is 5.78 Å². The number of esters is 1. The highest BCUT2D eigenvalue weighted by Gasteiger charge is 2.71. The van der Waals surface area contributed by atoms with E-state index in [4.69, 9.17) is 16.3 Å². The van der Waals surface area contributed by atoms with E-state index in [1.54, 1.807) is 13.8 Å². The van der Waals surface area contributed by atoms with Crippen LogP contribution in [0, 0.1) is 56.2 Å². The number of carboxylic acids is 1. The molecule has 0 amide bonds. The molecule has 0 aromatic heterocycles. The molecule has 0 saturated heterocycles. The number of benzene rings is 1. The Labute approximate surface area is 355 Å². The standard InChI is InChI=1S/C49H75ClN2O6/c1-31(2)41-35(53)27-49(38(54)30-51(25-26-52(10,11)12)29-32-13-15-33(50)16-14-32)24-23-47(8)34(42(41)49)17-18-37-46(7)21-20-39(58-40(55)28-44(3,4)43(56)57)45(5,6)36(46)19-22-48(37,47)9/h13-16,31,34,36-39,54H,17-30H2,1-12H3/p+1/t34-,36+,37-,38+,39+,46+,47-,48-,49+/m1/s1. The Morgan fingerprint density at radius 2 is 1.59 bits per heavy atom. The van der Waals surface area contributed by atoms with E-state index in [0.717, 1.165) is 74.5 Å². The third kappa shape index (κ3) is 7.77. The van der Waals surface area contributed by atoms with Gasteiger partial charge in [-0.25, -0.2) is 0 Å². The lowest BCUT2D eigenvalue weighted by Crippen LogP contribution is -2.66. The van der Waals surface area contributed by atoms with Crippen LogP contribution in [-0.2, 0) is 25.7 Å². The highest BCUT2D eigenvalue weighted by atomic mass is 35.5. The number of likely N-dealkylation sites (N-methyl/N-ethyl adjacent to an activating group) is 1. The van der Waals surface area contributed by atoms with Gasteiger partial charge in [-0.1, -0.05) is 77.8 Å². The number of carbonyl (C=O) groups is 3. The molecule has 2 N–H and O–H groups in total. The zero-order chi connectivity index (χ0) is 43.0. The third-order valence-corrected chi connectivity index (χ3v) is 17.6. The second-order valence-electron chi connectivity index (χ2n) is 22.9. The number of aliphatic hydroxyl groups is 1. The van der Waals surface area contributed by atoms with Crippen LogP contribution in [0.25, 0.3) is 0 Å². The molecule has 0 bridgehead atoms. The fourth-order valence-corrected chi connectivity index (χ4v) is 14.0. The van der Waals surface area contributed by atoms with Gasteiger partial charge in [0, 0.05) is 41.9 Å². The molecule has 1 aromatic rings. The Kier molecular flexibility index (Phi) is 12.2. The van der Waals surface area contributed by atoms with Crippen LogP contribution in [0.4, 0.5) is 0 Å². The first-order chi connectivity index (χ1) is 26.7. The summed E-state index contributed by atoms with van der Waals surface area (Å²) in [4.78, 5) is 41.7. The van der Waals surface area contributed by atoms with Gasteiger partial charge in [-0.2, -0.15) is 0 Å². The highest BCUT2D eigenvalue weighted by Crippen LogP contribution is 2.77. The van der Waals surface area contributed by atoms with Crippen molar-refractivity contribution in [1.82, 2.24) is 4.90 Å². The Hall–Kier alpha value is -2.26. The topological polar surface area (TPSA) is 104 Å². The molecule has 58 heavy (non-hydrogen) atoms. The number of aliphatic carboxylic acids is 1. The molecule has 9 heteroatoms. The van der Waals surface area contributed by atoms with Crippen LogP contribution in [-0.4, -0.2) is 90.3 Å². The van der Waals surface area contributed by atoms with Crippen LogP contribution < -0.4 is 0 Å². The number of hydrogen-bond donors (Lipinski definition) is 2. The lowest BCUT2D eigenvalue weighted by Gasteiger charge is -2.72. The van der Waals surface area contributed by atoms with E-state index < -0.39 is 28.9 Å². The fraction of sp³-hybridized carbons (Fsp3) is 0.776. The number of rotatable bonds is 13. The lowest BCUT2D eigenvalue weighted by atomic mass is 9.33. The minimum atomic E-state index is -1.17. The quantitative estimate of drug-likeness (QED) is 0.151. The molecule has 6 rings (SSSR count). The third-order valence-electron chi connectivity index (χ3n) is 17.3. The Morgan fingerprint density at radius 3 is 2.19 bits per heavy atom. The average Bonchev–Trinajstić information content (AvgIpc) is 3.42. The first kappa shape index (κ1) is 45.3. The molecule has 8 nitrogen and oxygen atoms in total. The van der Waals surface area contributed by atoms with Crippen LogP contribution >= 0.6 is 11.6 Å². The van der Waals surface area contributed by atoms with Gasteiger partial charge in [0.25, 0.3) is 0 Å². The summed E-state index contributed by atoms with van der Waals surface area (Å²) in [6.45, 7) is 22.7. The summed E-state index contributed by atoms with van der Waals surface area (Å²) in [6.07, 6.45) is 7.14. The number of carboxylic acid groups (broad SMARTS) is 1. The van der Waals surface area contributed by atoms with Gasteiger partial charge in [-0.3, -0.25) is 19.3 Å². The van der Waals surface area contributed by atoms with E-state index in [2.05, 4.69) is 86.6 Å². The smallest absolute Gasteiger partial charge is 0.309 e. The van der Waals surface area contributed by atoms with Crippen molar-refractivity contribution >= 4 is 29.3 Å². The Morgan fingerprint density at radius 1 is 0.931 bits per heavy atom. The van der Waals surface area contributed by atoms with Crippen LogP contribution in [0.15, 0.2) is 35.4 Å². The average molecular weight is 825 g/mol. The van der Waals surface area contributed by atoms with Gasteiger partial charge in [0.2, 0.25) is 0 Å². The van der Waals surface area contributed by atoms with Gasteiger partial charge >= 0.3 is 11.9 Å². The van der Waals surface area contributed by atoms with E-state index in [-0.39, 0.29) is 51.8 Å². The van der Waals surface area contributed by atoms with Gasteiger partial charge in [0.1, 0.15) is 6.10 Å². The number of hydrogen-bond acceptors (Lipinski definition) is 6. The molecular formula is C49H76ClN2O6+. The number of ether oxygens (including phenoxy) is 1. The van der Waals surface area contributed by atoms with Gasteiger partial charge in [0.05, 0.1) is 45.6 Å². The maximum absolute atomic E-state index is 14.4. The van der Waals surface area contributed by atoms with Crippen molar-refractivity contribution in [3.63, 3.8) is 0 Å². The summed E-state index contributed by atoms with van der Waals surface area (Å²) in [5.74, 6) is 0.00462. The summed E-state index contributed by atoms with van der Waals surface area (Å²) in [5, 5.41) is 23.1. The molecule has 1 aromatic carbocycles. The Balaban J connectivity index is 1.29. The molecule has 5 aliphatic carbocycles. The number of aliphatic hydroxyl groups excluding tert-OH is 1. The first-order valence-corrected chi connectivity index (χ1v) is 22.8. The SMILES string of the molecule is CC(C)C1=C2[C@H]3CC[C@@H]4[C@@]5(C)CC[C@H](OC(=O)CC(C)(C)C(=O)O)C(C)(C)[C@@H]5CC[C@@]4(C)[C@]3(C)CC[C@@]2([C@@H](O)CN(CC[N+](C)(C)C)Cc2ccc(Cl)cc2)CC1=O. The van der Waals surface area contributed by atoms with Crippen molar-refractivity contribution in [2.24, 2.45) is 56.2 Å². The molecule has 5 aliphatic rings. The van der Waals surface area contributed by atoms with E-state index >= 15 is 0 Å². The van der Waals surface area contributed by atoms with Crippen LogP contribution in [0.5, 0.6) is 0 Å². The summed E-state index contributed by atoms with van der Waals surface area (Å²) in [7, 11) is 6.63. The molecule has 4 fully saturated rings. The maximum Gasteiger partial charge on any atom is 0.309 e. The number of halogens is 1. The van der Waals surface area contributed by atoms with Gasteiger partial charge in [-0.15, -0.1) is 0 Å². The molecule has 4 saturated carbocycles. The van der Waals surface area contributed by atoms with Crippen LogP contribution in [0.1, 0.15) is 132 Å². The predicted octanol–water partition coefficient (Wildman–Crippen LogP) is 9.60. The highest BCUT2D eigenvalue weighted by molar-refractivity contribution is 6.30. The second-order valence-corrected chi connectivity index (χ2v) is 23.4. The van der Waals surface area contributed by atoms with Crippen LogP contribution in [0.2, 0.25) is 5.02 Å². The van der Waals surface area contributed by atoms with Gasteiger partial charge in [-0.05, 0) is 128 Å². The van der Waals surface area contributed by atoms with Crippen molar-refractivity contribution in [2.45, 2.75) is 145 Å². The van der Waals surface area contributed by atoms with Crippen molar-refractivity contribution in [3.05, 3.63) is 46.0 Å². The van der Waals surface area contributed by atoms with E-state index in [0.29, 0.717) is 36.4 Å². The molecule has 0 unspecified atom stereocenters. The number of allylic oxidation sites excluding steroid dienone is 1.